The first kappa shape index (κ1) is 16.8. The van der Waals surface area contributed by atoms with Crippen LogP contribution in [0.25, 0.3) is 0 Å². The molecule has 1 aromatic rings. The van der Waals surface area contributed by atoms with E-state index in [-0.39, 0.29) is 18.0 Å². The second-order valence-electron chi connectivity index (χ2n) is 6.63. The zero-order valence-corrected chi connectivity index (χ0v) is 13.8. The lowest BCUT2D eigenvalue weighted by Crippen LogP contribution is -2.46. The van der Waals surface area contributed by atoms with Crippen LogP contribution in [0.1, 0.15) is 48.9 Å². The molecule has 3 amide bonds. The van der Waals surface area contributed by atoms with E-state index in [4.69, 9.17) is 0 Å². The maximum Gasteiger partial charge on any atom is 0.319 e. The van der Waals surface area contributed by atoms with Crippen LogP contribution in [0.5, 0.6) is 0 Å². The van der Waals surface area contributed by atoms with Crippen molar-refractivity contribution in [2.24, 2.45) is 0 Å². The minimum absolute atomic E-state index is 0.0498. The van der Waals surface area contributed by atoms with E-state index in [2.05, 4.69) is 10.6 Å². The van der Waals surface area contributed by atoms with Crippen molar-refractivity contribution in [3.63, 3.8) is 0 Å². The van der Waals surface area contributed by atoms with Crippen molar-refractivity contribution >= 4 is 17.6 Å². The van der Waals surface area contributed by atoms with E-state index in [0.29, 0.717) is 11.3 Å². The number of anilines is 1. The number of aliphatic hydroxyl groups excluding tert-OH is 1. The third kappa shape index (κ3) is 4.06. The lowest BCUT2D eigenvalue weighted by Gasteiger charge is -2.28. The fraction of sp³-hybridized carbons (Fsp3) is 0.556. The molecule has 6 nitrogen and oxygen atoms in total. The van der Waals surface area contributed by atoms with Crippen molar-refractivity contribution in [3.8, 4) is 0 Å². The number of benzene rings is 1. The number of hydrogen-bond donors (Lipinski definition) is 3. The van der Waals surface area contributed by atoms with Gasteiger partial charge in [0.15, 0.2) is 0 Å². The summed E-state index contributed by atoms with van der Waals surface area (Å²) in [5.41, 5.74) is 1.28. The zero-order valence-electron chi connectivity index (χ0n) is 13.8. The highest BCUT2D eigenvalue weighted by Gasteiger charge is 2.24. The number of aliphatic hydroxyl groups is 1. The second-order valence-corrected chi connectivity index (χ2v) is 6.63. The Morgan fingerprint density at radius 1 is 1.00 bits per heavy atom. The molecule has 0 bridgehead atoms. The van der Waals surface area contributed by atoms with Gasteiger partial charge in [0.25, 0.3) is 5.91 Å². The number of likely N-dealkylation sites (tertiary alicyclic amines) is 1. The molecule has 1 saturated heterocycles. The van der Waals surface area contributed by atoms with Crippen LogP contribution in [-0.2, 0) is 0 Å². The molecule has 2 fully saturated rings. The van der Waals surface area contributed by atoms with Crippen molar-refractivity contribution in [2.45, 2.75) is 50.7 Å². The van der Waals surface area contributed by atoms with Gasteiger partial charge in [-0.25, -0.2) is 4.79 Å². The monoisotopic (exact) mass is 331 g/mol. The van der Waals surface area contributed by atoms with Gasteiger partial charge in [-0.05, 0) is 49.9 Å². The Bertz CT molecular complexity index is 582. The molecule has 1 saturated carbocycles. The van der Waals surface area contributed by atoms with Crippen LogP contribution in [0, 0.1) is 0 Å². The van der Waals surface area contributed by atoms with Crippen molar-refractivity contribution in [1.29, 1.82) is 0 Å². The van der Waals surface area contributed by atoms with Crippen molar-refractivity contribution in [2.75, 3.05) is 18.4 Å². The van der Waals surface area contributed by atoms with E-state index >= 15 is 0 Å². The summed E-state index contributed by atoms with van der Waals surface area (Å²) in [6, 6.07) is 6.45. The fourth-order valence-corrected chi connectivity index (χ4v) is 3.41. The summed E-state index contributed by atoms with van der Waals surface area (Å²) in [4.78, 5) is 26.2. The maximum absolute atomic E-state index is 12.3. The molecule has 1 aromatic carbocycles. The van der Waals surface area contributed by atoms with E-state index in [1.807, 2.05) is 4.90 Å². The first-order chi connectivity index (χ1) is 11.6. The molecular weight excluding hydrogens is 306 g/mol. The summed E-state index contributed by atoms with van der Waals surface area (Å²) in [7, 11) is 0. The third-order valence-electron chi connectivity index (χ3n) is 4.83. The lowest BCUT2D eigenvalue weighted by molar-refractivity contribution is 0.0793. The predicted octanol–water partition coefficient (Wildman–Crippen LogP) is 2.35. The minimum atomic E-state index is -0.468. The Kier molecular flexibility index (Phi) is 5.35. The van der Waals surface area contributed by atoms with E-state index in [1.54, 1.807) is 24.3 Å². The topological polar surface area (TPSA) is 81.7 Å². The van der Waals surface area contributed by atoms with Crippen LogP contribution in [0.2, 0.25) is 0 Å². The first-order valence-corrected chi connectivity index (χ1v) is 8.78. The van der Waals surface area contributed by atoms with Crippen LogP contribution in [-0.4, -0.2) is 47.2 Å². The summed E-state index contributed by atoms with van der Waals surface area (Å²) in [5, 5.41) is 15.5. The number of nitrogens with zero attached hydrogens (tertiary/aromatic N) is 1. The summed E-state index contributed by atoms with van der Waals surface area (Å²) in [6.45, 7) is 1.65. The molecule has 3 rings (SSSR count). The Morgan fingerprint density at radius 2 is 1.67 bits per heavy atom. The van der Waals surface area contributed by atoms with Gasteiger partial charge in [-0.2, -0.15) is 0 Å². The van der Waals surface area contributed by atoms with Gasteiger partial charge in [0, 0.05) is 24.3 Å². The Hall–Kier alpha value is -2.08. The van der Waals surface area contributed by atoms with Crippen LogP contribution in [0.3, 0.4) is 0 Å². The third-order valence-corrected chi connectivity index (χ3v) is 4.83. The number of carbonyl (C=O) groups is 2. The molecule has 0 spiro atoms. The number of urea groups is 1. The smallest absolute Gasteiger partial charge is 0.319 e. The lowest BCUT2D eigenvalue weighted by atomic mass is 9.93. The summed E-state index contributed by atoms with van der Waals surface area (Å²) < 4.78 is 0. The Balaban J connectivity index is 1.53. The van der Waals surface area contributed by atoms with Crippen LogP contribution in [0.4, 0.5) is 10.5 Å². The number of hydrogen-bond acceptors (Lipinski definition) is 3. The molecule has 1 aliphatic heterocycles. The van der Waals surface area contributed by atoms with Gasteiger partial charge in [0.05, 0.1) is 12.1 Å². The Morgan fingerprint density at radius 3 is 2.33 bits per heavy atom. The SMILES string of the molecule is O=C(Nc1ccc(C(=O)N2CCCC2)cc1)NC1CCCCC1O. The van der Waals surface area contributed by atoms with Gasteiger partial charge in [-0.15, -0.1) is 0 Å². The van der Waals surface area contributed by atoms with Crippen LogP contribution >= 0.6 is 0 Å². The quantitative estimate of drug-likeness (QED) is 0.795. The summed E-state index contributed by atoms with van der Waals surface area (Å²) in [6.07, 6.45) is 5.24. The van der Waals surface area contributed by atoms with E-state index in [1.165, 1.54) is 0 Å². The van der Waals surface area contributed by atoms with Gasteiger partial charge < -0.3 is 20.6 Å². The molecule has 0 radical (unpaired) electrons. The number of rotatable bonds is 3. The first-order valence-electron chi connectivity index (χ1n) is 8.78. The molecule has 3 N–H and O–H groups in total. The predicted molar refractivity (Wildman–Crippen MR) is 92.0 cm³/mol. The van der Waals surface area contributed by atoms with Crippen LogP contribution in [0.15, 0.2) is 24.3 Å². The summed E-state index contributed by atoms with van der Waals surface area (Å²) in [5.74, 6) is 0.0498. The average Bonchev–Trinajstić information content (AvgIpc) is 3.11. The maximum atomic E-state index is 12.3. The molecule has 0 aromatic heterocycles. The fourth-order valence-electron chi connectivity index (χ4n) is 3.41. The normalized spacial score (nSPS) is 23.8. The zero-order chi connectivity index (χ0) is 16.9. The minimum Gasteiger partial charge on any atom is -0.391 e. The molecule has 6 heteroatoms. The average molecular weight is 331 g/mol. The number of nitrogens with one attached hydrogen (secondary N) is 2. The van der Waals surface area contributed by atoms with Gasteiger partial charge in [-0.3, -0.25) is 4.79 Å². The van der Waals surface area contributed by atoms with Crippen molar-refractivity contribution in [1.82, 2.24) is 10.2 Å². The highest BCUT2D eigenvalue weighted by molar-refractivity contribution is 5.95. The second kappa shape index (κ2) is 7.66. The van der Waals surface area contributed by atoms with Crippen molar-refractivity contribution < 1.29 is 14.7 Å². The van der Waals surface area contributed by atoms with Crippen LogP contribution < -0.4 is 10.6 Å². The molecular formula is C18H25N3O3. The molecule has 1 aliphatic carbocycles. The van der Waals surface area contributed by atoms with Gasteiger partial charge >= 0.3 is 6.03 Å². The molecule has 1 heterocycles. The van der Waals surface area contributed by atoms with Gasteiger partial charge in [0.1, 0.15) is 0 Å². The van der Waals surface area contributed by atoms with E-state index in [9.17, 15) is 14.7 Å². The van der Waals surface area contributed by atoms with Crippen molar-refractivity contribution in [3.05, 3.63) is 29.8 Å². The molecule has 2 atom stereocenters. The van der Waals surface area contributed by atoms with E-state index in [0.717, 1.165) is 51.6 Å². The highest BCUT2D eigenvalue weighted by atomic mass is 16.3. The Labute approximate surface area is 142 Å². The standard InChI is InChI=1S/C18H25N3O3/c22-16-6-2-1-5-15(16)20-18(24)19-14-9-7-13(8-10-14)17(23)21-11-3-4-12-21/h7-10,15-16,22H,1-6,11-12H2,(H2,19,20,24). The largest absolute Gasteiger partial charge is 0.391 e. The molecule has 2 unspecified atom stereocenters. The van der Waals surface area contributed by atoms with Gasteiger partial charge in [0.2, 0.25) is 0 Å². The molecule has 2 aliphatic rings. The molecule has 24 heavy (non-hydrogen) atoms. The van der Waals surface area contributed by atoms with Gasteiger partial charge in [-0.1, -0.05) is 12.8 Å². The highest BCUT2D eigenvalue weighted by Crippen LogP contribution is 2.19. The summed E-state index contributed by atoms with van der Waals surface area (Å²) >= 11 is 0. The van der Waals surface area contributed by atoms with E-state index < -0.39 is 6.10 Å². The molecule has 130 valence electrons. The number of amides is 3. The number of carbonyl (C=O) groups excluding carboxylic acids is 2.